The van der Waals surface area contributed by atoms with Crippen LogP contribution in [0.25, 0.3) is 0 Å². The smallest absolute Gasteiger partial charge is 0.272 e. The molecule has 8 nitrogen and oxygen atoms in total. The van der Waals surface area contributed by atoms with Crippen LogP contribution in [0.15, 0.2) is 12.4 Å². The Bertz CT molecular complexity index is 499. The number of nitrogens with two attached hydrogens (primary N) is 1. The van der Waals surface area contributed by atoms with Gasteiger partial charge in [0.05, 0.1) is 12.4 Å². The molecule has 1 aliphatic heterocycles. The number of amides is 3. The fourth-order valence-electron chi connectivity index (χ4n) is 1.52. The summed E-state index contributed by atoms with van der Waals surface area (Å²) in [6.45, 7) is 0. The lowest BCUT2D eigenvalue weighted by atomic mass is 10.1. The van der Waals surface area contributed by atoms with Gasteiger partial charge in [-0.15, -0.1) is 0 Å². The second-order valence-corrected chi connectivity index (χ2v) is 3.80. The van der Waals surface area contributed by atoms with E-state index in [2.05, 4.69) is 20.6 Å². The number of nitrogens with zero attached hydrogens (tertiary/aromatic N) is 2. The third-order valence-corrected chi connectivity index (χ3v) is 2.45. The van der Waals surface area contributed by atoms with E-state index in [4.69, 9.17) is 5.73 Å². The lowest BCUT2D eigenvalue weighted by molar-refractivity contribution is -0.134. The molecule has 1 atom stereocenters. The first-order valence-electron chi connectivity index (χ1n) is 5.28. The molecule has 1 aromatic rings. The van der Waals surface area contributed by atoms with Crippen molar-refractivity contribution in [3.63, 3.8) is 0 Å². The van der Waals surface area contributed by atoms with Crippen molar-refractivity contribution in [1.82, 2.24) is 20.6 Å². The van der Waals surface area contributed by atoms with Gasteiger partial charge < -0.3 is 11.1 Å². The molecule has 4 N–H and O–H groups in total. The first kappa shape index (κ1) is 12.0. The number of rotatable bonds is 2. The number of hydrogen-bond acceptors (Lipinski definition) is 6. The average molecular weight is 249 g/mol. The molecule has 0 aliphatic carbocycles. The predicted octanol–water partition coefficient (Wildman–Crippen LogP) is -1.41. The van der Waals surface area contributed by atoms with E-state index in [-0.39, 0.29) is 30.3 Å². The van der Waals surface area contributed by atoms with E-state index in [0.717, 1.165) is 0 Å². The quantitative estimate of drug-likeness (QED) is 0.553. The van der Waals surface area contributed by atoms with Crippen molar-refractivity contribution in [1.29, 1.82) is 0 Å². The molecule has 3 amide bonds. The van der Waals surface area contributed by atoms with Gasteiger partial charge in [0.15, 0.2) is 0 Å². The molecule has 2 rings (SSSR count). The average Bonchev–Trinajstić information content (AvgIpc) is 2.33. The van der Waals surface area contributed by atoms with E-state index >= 15 is 0 Å². The Morgan fingerprint density at radius 2 is 2.17 bits per heavy atom. The van der Waals surface area contributed by atoms with E-state index in [9.17, 15) is 14.4 Å². The van der Waals surface area contributed by atoms with Gasteiger partial charge in [0.2, 0.25) is 11.8 Å². The van der Waals surface area contributed by atoms with Gasteiger partial charge in [0.1, 0.15) is 17.6 Å². The number of nitrogens with one attached hydrogen (secondary N) is 2. The van der Waals surface area contributed by atoms with Crippen LogP contribution >= 0.6 is 0 Å². The van der Waals surface area contributed by atoms with Gasteiger partial charge in [-0.05, 0) is 6.42 Å². The Labute approximate surface area is 102 Å². The van der Waals surface area contributed by atoms with Crippen LogP contribution in [0, 0.1) is 0 Å². The minimum atomic E-state index is -0.727. The normalized spacial score (nSPS) is 19.2. The van der Waals surface area contributed by atoms with Crippen LogP contribution in [-0.2, 0) is 9.59 Å². The number of anilines is 1. The minimum Gasteiger partial charge on any atom is -0.382 e. The zero-order chi connectivity index (χ0) is 13.1. The first-order chi connectivity index (χ1) is 8.56. The fraction of sp³-hybridized carbons (Fsp3) is 0.300. The van der Waals surface area contributed by atoms with E-state index in [1.807, 2.05) is 0 Å². The highest BCUT2D eigenvalue weighted by Gasteiger charge is 2.28. The maximum absolute atomic E-state index is 11.7. The molecule has 8 heteroatoms. The van der Waals surface area contributed by atoms with Crippen molar-refractivity contribution in [2.75, 3.05) is 5.73 Å². The number of imide groups is 1. The predicted molar refractivity (Wildman–Crippen MR) is 60.1 cm³/mol. The summed E-state index contributed by atoms with van der Waals surface area (Å²) in [4.78, 5) is 41.6. The molecule has 0 spiro atoms. The largest absolute Gasteiger partial charge is 0.382 e. The summed E-state index contributed by atoms with van der Waals surface area (Å²) >= 11 is 0. The van der Waals surface area contributed by atoms with Gasteiger partial charge in [-0.2, -0.15) is 0 Å². The lowest BCUT2D eigenvalue weighted by Crippen LogP contribution is -2.52. The van der Waals surface area contributed by atoms with E-state index in [1.165, 1.54) is 12.4 Å². The fourth-order valence-corrected chi connectivity index (χ4v) is 1.52. The Kier molecular flexibility index (Phi) is 3.18. The van der Waals surface area contributed by atoms with Crippen molar-refractivity contribution in [3.05, 3.63) is 18.1 Å². The van der Waals surface area contributed by atoms with Crippen LogP contribution < -0.4 is 16.4 Å². The molecule has 94 valence electrons. The van der Waals surface area contributed by atoms with Crippen molar-refractivity contribution < 1.29 is 14.4 Å². The number of hydrogen-bond donors (Lipinski definition) is 3. The third kappa shape index (κ3) is 2.59. The van der Waals surface area contributed by atoms with Gasteiger partial charge in [-0.3, -0.25) is 19.7 Å². The van der Waals surface area contributed by atoms with Crippen molar-refractivity contribution in [2.45, 2.75) is 18.9 Å². The number of aromatic nitrogens is 2. The summed E-state index contributed by atoms with van der Waals surface area (Å²) < 4.78 is 0. The number of piperidine rings is 1. The van der Waals surface area contributed by atoms with E-state index in [1.54, 1.807) is 0 Å². The monoisotopic (exact) mass is 249 g/mol. The molecular weight excluding hydrogens is 238 g/mol. The van der Waals surface area contributed by atoms with Crippen LogP contribution in [0.1, 0.15) is 23.3 Å². The minimum absolute atomic E-state index is 0.0638. The Hall–Kier alpha value is -2.51. The molecule has 1 aliphatic rings. The maximum atomic E-state index is 11.7. The maximum Gasteiger partial charge on any atom is 0.272 e. The van der Waals surface area contributed by atoms with Crippen LogP contribution in [0.2, 0.25) is 0 Å². The number of carbonyl (C=O) groups excluding carboxylic acids is 3. The molecule has 2 heterocycles. The van der Waals surface area contributed by atoms with Gasteiger partial charge in [-0.1, -0.05) is 0 Å². The Balaban J connectivity index is 2.01. The van der Waals surface area contributed by atoms with Gasteiger partial charge in [0.25, 0.3) is 5.91 Å². The van der Waals surface area contributed by atoms with E-state index in [0.29, 0.717) is 0 Å². The summed E-state index contributed by atoms with van der Waals surface area (Å²) in [5.74, 6) is -1.18. The summed E-state index contributed by atoms with van der Waals surface area (Å²) in [6.07, 6.45) is 2.94. The zero-order valence-corrected chi connectivity index (χ0v) is 9.34. The summed E-state index contributed by atoms with van der Waals surface area (Å²) in [6, 6.07) is -0.727. The van der Waals surface area contributed by atoms with Crippen LogP contribution in [0.3, 0.4) is 0 Å². The second-order valence-electron chi connectivity index (χ2n) is 3.80. The summed E-state index contributed by atoms with van der Waals surface area (Å²) in [5, 5.41) is 4.63. The second kappa shape index (κ2) is 4.78. The molecular formula is C10H11N5O3. The highest BCUT2D eigenvalue weighted by atomic mass is 16.2. The van der Waals surface area contributed by atoms with Crippen molar-refractivity contribution in [2.24, 2.45) is 0 Å². The molecule has 1 aromatic heterocycles. The highest BCUT2D eigenvalue weighted by molar-refractivity contribution is 6.03. The zero-order valence-electron chi connectivity index (χ0n) is 9.34. The molecule has 1 saturated heterocycles. The summed E-state index contributed by atoms with van der Waals surface area (Å²) in [5.41, 5.74) is 5.41. The Morgan fingerprint density at radius 3 is 2.78 bits per heavy atom. The van der Waals surface area contributed by atoms with E-state index < -0.39 is 17.9 Å². The molecule has 18 heavy (non-hydrogen) atoms. The van der Waals surface area contributed by atoms with Gasteiger partial charge >= 0.3 is 0 Å². The van der Waals surface area contributed by atoms with Crippen molar-refractivity contribution in [3.8, 4) is 0 Å². The van der Waals surface area contributed by atoms with Gasteiger partial charge in [0, 0.05) is 6.42 Å². The summed E-state index contributed by atoms with van der Waals surface area (Å²) in [7, 11) is 0. The van der Waals surface area contributed by atoms with Crippen LogP contribution in [-0.4, -0.2) is 33.7 Å². The molecule has 1 fully saturated rings. The topological polar surface area (TPSA) is 127 Å². The van der Waals surface area contributed by atoms with Gasteiger partial charge in [-0.25, -0.2) is 9.97 Å². The van der Waals surface area contributed by atoms with Crippen molar-refractivity contribution >= 4 is 23.5 Å². The van der Waals surface area contributed by atoms with Crippen LogP contribution in [0.5, 0.6) is 0 Å². The first-order valence-corrected chi connectivity index (χ1v) is 5.28. The molecule has 0 radical (unpaired) electrons. The highest BCUT2D eigenvalue weighted by Crippen LogP contribution is 2.05. The lowest BCUT2D eigenvalue weighted by Gasteiger charge is -2.21. The SMILES string of the molecule is Nc1cnc(C(=O)NC2CCC(=O)NC2=O)cn1. The molecule has 0 aromatic carbocycles. The molecule has 1 unspecified atom stereocenters. The molecule has 0 saturated carbocycles. The Morgan fingerprint density at radius 1 is 1.39 bits per heavy atom. The third-order valence-electron chi connectivity index (χ3n) is 2.45. The number of nitrogen functional groups attached to an aromatic ring is 1. The number of carbonyl (C=O) groups is 3. The molecule has 0 bridgehead atoms. The standard InChI is InChI=1S/C10H11N5O3/c11-7-4-12-6(3-13-7)10(18)14-5-1-2-8(16)15-9(5)17/h3-5H,1-2H2,(H2,11,13)(H,14,18)(H,15,16,17). The van der Waals surface area contributed by atoms with Crippen LogP contribution in [0.4, 0.5) is 5.82 Å².